The van der Waals surface area contributed by atoms with E-state index in [4.69, 9.17) is 0 Å². The molecule has 0 aliphatic rings. The maximum absolute atomic E-state index is 11.3. The smallest absolute Gasteiger partial charge is 0.321 e. The van der Waals surface area contributed by atoms with Crippen molar-refractivity contribution in [3.05, 3.63) is 30.1 Å². The van der Waals surface area contributed by atoms with Gasteiger partial charge in [-0.2, -0.15) is 0 Å². The molecule has 0 aliphatic carbocycles. The van der Waals surface area contributed by atoms with Gasteiger partial charge in [0.1, 0.15) is 6.04 Å². The summed E-state index contributed by atoms with van der Waals surface area (Å²) in [6.45, 7) is 5.84. The molecule has 2 unspecified atom stereocenters. The first kappa shape index (κ1) is 13.6. The molecule has 4 nitrogen and oxygen atoms in total. The van der Waals surface area contributed by atoms with Crippen molar-refractivity contribution < 1.29 is 9.90 Å². The van der Waals surface area contributed by atoms with Gasteiger partial charge in [-0.3, -0.25) is 14.7 Å². The van der Waals surface area contributed by atoms with Crippen molar-refractivity contribution >= 4 is 5.97 Å². The monoisotopic (exact) mass is 236 g/mol. The Morgan fingerprint density at radius 2 is 2.06 bits per heavy atom. The number of hydrogen-bond acceptors (Lipinski definition) is 3. The van der Waals surface area contributed by atoms with E-state index < -0.39 is 12.0 Å². The molecule has 4 heteroatoms. The van der Waals surface area contributed by atoms with Gasteiger partial charge < -0.3 is 5.11 Å². The van der Waals surface area contributed by atoms with E-state index in [9.17, 15) is 9.90 Å². The number of hydrogen-bond donors (Lipinski definition) is 1. The van der Waals surface area contributed by atoms with Gasteiger partial charge in [0.15, 0.2) is 0 Å². The number of aliphatic carboxylic acids is 1. The third kappa shape index (κ3) is 3.27. The van der Waals surface area contributed by atoms with Gasteiger partial charge in [0.2, 0.25) is 0 Å². The van der Waals surface area contributed by atoms with E-state index in [1.807, 2.05) is 44.9 Å². The van der Waals surface area contributed by atoms with Crippen LogP contribution in [0.4, 0.5) is 0 Å². The highest BCUT2D eigenvalue weighted by Crippen LogP contribution is 2.23. The lowest BCUT2D eigenvalue weighted by molar-refractivity contribution is -0.145. The second-order valence-electron chi connectivity index (χ2n) is 4.65. The van der Waals surface area contributed by atoms with E-state index in [2.05, 4.69) is 4.98 Å². The summed E-state index contributed by atoms with van der Waals surface area (Å²) in [7, 11) is 1.84. The van der Waals surface area contributed by atoms with Gasteiger partial charge in [0.05, 0.1) is 0 Å². The van der Waals surface area contributed by atoms with Crippen LogP contribution >= 0.6 is 0 Å². The zero-order chi connectivity index (χ0) is 13.0. The molecule has 1 N–H and O–H groups in total. The second-order valence-corrected chi connectivity index (χ2v) is 4.65. The van der Waals surface area contributed by atoms with Crippen LogP contribution < -0.4 is 0 Å². The molecule has 2 atom stereocenters. The predicted molar refractivity (Wildman–Crippen MR) is 66.7 cm³/mol. The summed E-state index contributed by atoms with van der Waals surface area (Å²) in [5, 5.41) is 9.25. The number of rotatable bonds is 5. The number of nitrogens with zero attached hydrogens (tertiary/aromatic N) is 2. The Bertz CT molecular complexity index is 365. The Balaban J connectivity index is 2.88. The highest BCUT2D eigenvalue weighted by Gasteiger charge is 2.29. The number of carbonyl (C=O) groups is 1. The van der Waals surface area contributed by atoms with Crippen LogP contribution in [0.25, 0.3) is 0 Å². The van der Waals surface area contributed by atoms with Gasteiger partial charge in [0.25, 0.3) is 0 Å². The minimum absolute atomic E-state index is 0.0344. The molecular formula is C13H20N2O2. The highest BCUT2D eigenvalue weighted by molar-refractivity contribution is 5.73. The zero-order valence-electron chi connectivity index (χ0n) is 10.8. The molecule has 0 spiro atoms. The number of likely N-dealkylation sites (N-methyl/N-ethyl adjacent to an activating group) is 1. The van der Waals surface area contributed by atoms with Crippen molar-refractivity contribution in [3.63, 3.8) is 0 Å². The van der Waals surface area contributed by atoms with Crippen LogP contribution in [0.1, 0.15) is 32.4 Å². The summed E-state index contributed by atoms with van der Waals surface area (Å²) < 4.78 is 0. The van der Waals surface area contributed by atoms with E-state index in [-0.39, 0.29) is 12.0 Å². The first-order valence-corrected chi connectivity index (χ1v) is 5.79. The average molecular weight is 236 g/mol. The lowest BCUT2D eigenvalue weighted by Crippen LogP contribution is -2.43. The average Bonchev–Trinajstić information content (AvgIpc) is 2.28. The number of carboxylic acid groups (broad SMARTS) is 1. The quantitative estimate of drug-likeness (QED) is 0.851. The molecule has 17 heavy (non-hydrogen) atoms. The topological polar surface area (TPSA) is 53.4 Å². The molecule has 1 aromatic rings. The molecule has 94 valence electrons. The molecule has 0 aliphatic heterocycles. The Morgan fingerprint density at radius 3 is 2.47 bits per heavy atom. The molecular weight excluding hydrogens is 216 g/mol. The van der Waals surface area contributed by atoms with Crippen molar-refractivity contribution in [1.82, 2.24) is 9.88 Å². The minimum Gasteiger partial charge on any atom is -0.480 e. The molecule has 1 rings (SSSR count). The fraction of sp³-hybridized carbons (Fsp3) is 0.538. The van der Waals surface area contributed by atoms with Crippen molar-refractivity contribution in [3.8, 4) is 0 Å². The van der Waals surface area contributed by atoms with Gasteiger partial charge in [-0.25, -0.2) is 0 Å². The summed E-state index contributed by atoms with van der Waals surface area (Å²) in [5.74, 6) is -0.713. The van der Waals surface area contributed by atoms with Gasteiger partial charge in [-0.15, -0.1) is 0 Å². The highest BCUT2D eigenvalue weighted by atomic mass is 16.4. The fourth-order valence-corrected chi connectivity index (χ4v) is 2.03. The number of pyridine rings is 1. The third-order valence-electron chi connectivity index (χ3n) is 3.10. The predicted octanol–water partition coefficient (Wildman–Crippen LogP) is 2.18. The standard InChI is InChI=1S/C13H20N2O2/c1-9(2)12(13(16)17)15(4)10(3)11-6-5-7-14-8-11/h5-10,12H,1-4H3,(H,16,17). The van der Waals surface area contributed by atoms with E-state index >= 15 is 0 Å². The maximum atomic E-state index is 11.3. The molecule has 0 aromatic carbocycles. The van der Waals surface area contributed by atoms with Crippen molar-refractivity contribution in [2.75, 3.05) is 7.05 Å². The van der Waals surface area contributed by atoms with E-state index in [0.29, 0.717) is 0 Å². The van der Waals surface area contributed by atoms with Gasteiger partial charge in [-0.1, -0.05) is 19.9 Å². The first-order chi connectivity index (χ1) is 7.95. The third-order valence-corrected chi connectivity index (χ3v) is 3.10. The normalized spacial score (nSPS) is 14.9. The molecule has 0 bridgehead atoms. The molecule has 0 saturated heterocycles. The van der Waals surface area contributed by atoms with E-state index in [1.54, 1.807) is 12.4 Å². The maximum Gasteiger partial charge on any atom is 0.321 e. The van der Waals surface area contributed by atoms with Crippen molar-refractivity contribution in [2.45, 2.75) is 32.9 Å². The summed E-state index contributed by atoms with van der Waals surface area (Å²) in [5.41, 5.74) is 1.03. The van der Waals surface area contributed by atoms with Gasteiger partial charge >= 0.3 is 5.97 Å². The molecule has 0 fully saturated rings. The first-order valence-electron chi connectivity index (χ1n) is 5.79. The van der Waals surface area contributed by atoms with E-state index in [1.165, 1.54) is 0 Å². The van der Waals surface area contributed by atoms with E-state index in [0.717, 1.165) is 5.56 Å². The molecule has 0 saturated carbocycles. The van der Waals surface area contributed by atoms with Crippen molar-refractivity contribution in [1.29, 1.82) is 0 Å². The number of carboxylic acids is 1. The SMILES string of the molecule is CC(C)C(C(=O)O)N(C)C(C)c1cccnc1. The van der Waals surface area contributed by atoms with Crippen LogP contribution in [0.2, 0.25) is 0 Å². The summed E-state index contributed by atoms with van der Waals surface area (Å²) in [6.07, 6.45) is 3.49. The van der Waals surface area contributed by atoms with Crippen molar-refractivity contribution in [2.24, 2.45) is 5.92 Å². The van der Waals surface area contributed by atoms with Crippen LogP contribution in [-0.2, 0) is 4.79 Å². The van der Waals surface area contributed by atoms with Gasteiger partial charge in [-0.05, 0) is 31.5 Å². The summed E-state index contributed by atoms with van der Waals surface area (Å²) >= 11 is 0. The van der Waals surface area contributed by atoms with Crippen LogP contribution in [0.15, 0.2) is 24.5 Å². The second kappa shape index (κ2) is 5.77. The lowest BCUT2D eigenvalue weighted by Gasteiger charge is -2.32. The van der Waals surface area contributed by atoms with Crippen LogP contribution in [0.3, 0.4) is 0 Å². The largest absolute Gasteiger partial charge is 0.480 e. The van der Waals surface area contributed by atoms with Crippen LogP contribution in [0.5, 0.6) is 0 Å². The number of aromatic nitrogens is 1. The summed E-state index contributed by atoms with van der Waals surface area (Å²) in [6, 6.07) is 3.38. The molecule has 0 radical (unpaired) electrons. The Morgan fingerprint density at radius 1 is 1.41 bits per heavy atom. The Hall–Kier alpha value is -1.42. The fourth-order valence-electron chi connectivity index (χ4n) is 2.03. The summed E-state index contributed by atoms with van der Waals surface area (Å²) in [4.78, 5) is 17.2. The van der Waals surface area contributed by atoms with Gasteiger partial charge in [0, 0.05) is 18.4 Å². The molecule has 0 amide bonds. The Kier molecular flexibility index (Phi) is 4.63. The van der Waals surface area contributed by atoms with Crippen LogP contribution in [0, 0.1) is 5.92 Å². The Labute approximate surface area is 102 Å². The minimum atomic E-state index is -0.779. The molecule has 1 heterocycles. The van der Waals surface area contributed by atoms with Crippen LogP contribution in [-0.4, -0.2) is 34.0 Å². The lowest BCUT2D eigenvalue weighted by atomic mass is 10.00. The molecule has 1 aromatic heterocycles. The zero-order valence-corrected chi connectivity index (χ0v) is 10.8.